The van der Waals surface area contributed by atoms with Gasteiger partial charge in [-0.2, -0.15) is 0 Å². The van der Waals surface area contributed by atoms with Gasteiger partial charge in [0.2, 0.25) is 0 Å². The monoisotopic (exact) mass is 630 g/mol. The van der Waals surface area contributed by atoms with E-state index in [4.69, 9.17) is 14.2 Å². The van der Waals surface area contributed by atoms with Crippen LogP contribution in [0.1, 0.15) is 107 Å². The maximum Gasteiger partial charge on any atom is 0.410 e. The Balaban J connectivity index is 1.13. The highest BCUT2D eigenvalue weighted by Gasteiger charge is 2.84. The Bertz CT molecular complexity index is 1180. The van der Waals surface area contributed by atoms with Crippen molar-refractivity contribution in [2.75, 3.05) is 26.7 Å². The summed E-state index contributed by atoms with van der Waals surface area (Å²) in [5, 5.41) is 26.8. The molecule has 3 N–H and O–H groups in total. The van der Waals surface area contributed by atoms with Gasteiger partial charge < -0.3 is 34.6 Å². The number of nitrogens with zero attached hydrogens (tertiary/aromatic N) is 1. The number of aliphatic hydroxyl groups is 2. The van der Waals surface area contributed by atoms with E-state index in [0.717, 1.165) is 51.6 Å². The van der Waals surface area contributed by atoms with Crippen LogP contribution in [0.25, 0.3) is 0 Å². The molecule has 0 unspecified atom stereocenters. The van der Waals surface area contributed by atoms with Gasteiger partial charge in [-0.15, -0.1) is 0 Å². The fourth-order valence-electron chi connectivity index (χ4n) is 13.7. The number of fused-ring (bicyclic) bond motifs is 4. The second kappa shape index (κ2) is 10.3. The van der Waals surface area contributed by atoms with Crippen molar-refractivity contribution in [3.63, 3.8) is 0 Å². The van der Waals surface area contributed by atoms with E-state index in [0.29, 0.717) is 36.3 Å². The topological polar surface area (TPSA) is 100 Å². The maximum absolute atomic E-state index is 13.1. The van der Waals surface area contributed by atoms with Crippen LogP contribution in [0.15, 0.2) is 0 Å². The van der Waals surface area contributed by atoms with Crippen LogP contribution in [0.5, 0.6) is 0 Å². The van der Waals surface area contributed by atoms with E-state index in [1.165, 1.54) is 12.8 Å². The lowest BCUT2D eigenvalue weighted by Crippen LogP contribution is -2.61. The van der Waals surface area contributed by atoms with Gasteiger partial charge in [0.05, 0.1) is 23.9 Å². The highest BCUT2D eigenvalue weighted by Crippen LogP contribution is 2.89. The smallest absolute Gasteiger partial charge is 0.410 e. The molecule has 8 nitrogen and oxygen atoms in total. The van der Waals surface area contributed by atoms with Crippen LogP contribution in [0, 0.1) is 50.7 Å². The molecule has 0 aromatic heterocycles. The summed E-state index contributed by atoms with van der Waals surface area (Å²) in [4.78, 5) is 14.9. The van der Waals surface area contributed by atoms with Gasteiger partial charge in [0.25, 0.3) is 0 Å². The molecule has 2 saturated heterocycles. The Morgan fingerprint density at radius 2 is 1.73 bits per heavy atom. The lowest BCUT2D eigenvalue weighted by molar-refractivity contribution is -0.215. The average Bonchev–Trinajstić information content (AvgIpc) is 3.57. The molecule has 13 atom stereocenters. The fraction of sp³-hybridized carbons (Fsp3) is 0.973. The summed E-state index contributed by atoms with van der Waals surface area (Å²) in [6, 6.07) is 0.377. The van der Waals surface area contributed by atoms with Gasteiger partial charge in [0, 0.05) is 36.6 Å². The molecule has 2 aliphatic heterocycles. The highest BCUT2D eigenvalue weighted by molar-refractivity contribution is 5.69. The zero-order valence-electron chi connectivity index (χ0n) is 29.5. The van der Waals surface area contributed by atoms with Crippen molar-refractivity contribution in [3.8, 4) is 0 Å². The molecule has 5 saturated carbocycles. The first-order valence-electron chi connectivity index (χ1n) is 18.3. The standard InChI is InChI=1S/C37H62N2O6/c1-10-43-30(33(5,6)42)23-17-21(2)27-28(44-23)29(40)35(8)25-12-11-24-32(3,4)26(45-31(41)39-18-22(19-39)38-9)13-14-36(24)20-37(25,36)16-15-34(27,35)7/h21-30,38,40,42H,10-20H2,1-9H3/t21-,23-,24+,25+,26+,27+,28+,29+,30+,34-,35-,36-,37+/m1/s1. The minimum Gasteiger partial charge on any atom is -0.446 e. The van der Waals surface area contributed by atoms with Crippen LogP contribution < -0.4 is 5.32 Å². The molecule has 2 spiro atoms. The number of carbonyl (C=O) groups is 1. The molecule has 1 amide bonds. The molecule has 7 aliphatic rings. The number of carbonyl (C=O) groups excluding carboxylic acids is 1. The molecule has 256 valence electrons. The third-order valence-corrected chi connectivity index (χ3v) is 15.9. The number of amides is 1. The number of aliphatic hydroxyl groups excluding tert-OH is 1. The number of nitrogens with one attached hydrogen (secondary N) is 1. The van der Waals surface area contributed by atoms with Crippen LogP contribution in [-0.4, -0.2) is 90.1 Å². The van der Waals surface area contributed by atoms with Crippen molar-refractivity contribution >= 4 is 6.09 Å². The Morgan fingerprint density at radius 3 is 2.38 bits per heavy atom. The van der Waals surface area contributed by atoms with Crippen LogP contribution >= 0.6 is 0 Å². The van der Waals surface area contributed by atoms with Crippen LogP contribution in [0.3, 0.4) is 0 Å². The van der Waals surface area contributed by atoms with Crippen molar-refractivity contribution in [1.82, 2.24) is 10.2 Å². The van der Waals surface area contributed by atoms with Crippen LogP contribution in [0.2, 0.25) is 0 Å². The Labute approximate surface area is 271 Å². The number of hydrogen-bond acceptors (Lipinski definition) is 7. The van der Waals surface area contributed by atoms with E-state index in [9.17, 15) is 15.0 Å². The zero-order chi connectivity index (χ0) is 32.5. The summed E-state index contributed by atoms with van der Waals surface area (Å²) in [7, 11) is 1.95. The summed E-state index contributed by atoms with van der Waals surface area (Å²) in [6.07, 6.45) is 7.16. The lowest BCUT2D eigenvalue weighted by atomic mass is 9.41. The van der Waals surface area contributed by atoms with Crippen molar-refractivity contribution in [2.24, 2.45) is 50.7 Å². The SMILES string of the molecule is CCO[C@@H]([C@H]1C[C@@H](C)[C@H]2[C@H](O1)[C@H](O)[C@@]1(C)[C@@H]3CC[C@H]4C(C)(C)[C@@H](OC(=O)N5CC(NC)C5)CC[C@@]45C[C@@]35CC[C@]21C)C(C)(C)O. The van der Waals surface area contributed by atoms with Crippen molar-refractivity contribution < 1.29 is 29.2 Å². The lowest BCUT2D eigenvalue weighted by Gasteiger charge is -2.63. The van der Waals surface area contributed by atoms with Gasteiger partial charge in [-0.05, 0) is 119 Å². The molecule has 0 aromatic rings. The van der Waals surface area contributed by atoms with Gasteiger partial charge in [0.1, 0.15) is 12.2 Å². The average molecular weight is 631 g/mol. The zero-order valence-corrected chi connectivity index (χ0v) is 29.5. The van der Waals surface area contributed by atoms with Gasteiger partial charge in [-0.25, -0.2) is 4.79 Å². The second-order valence-corrected chi connectivity index (χ2v) is 18.3. The Kier molecular flexibility index (Phi) is 7.46. The first-order chi connectivity index (χ1) is 21.0. The van der Waals surface area contributed by atoms with Gasteiger partial charge in [-0.3, -0.25) is 0 Å². The molecule has 8 heteroatoms. The van der Waals surface area contributed by atoms with Crippen molar-refractivity contribution in [3.05, 3.63) is 0 Å². The molecule has 0 aromatic carbocycles. The molecular weight excluding hydrogens is 568 g/mol. The summed E-state index contributed by atoms with van der Waals surface area (Å²) in [5.74, 6) is 1.65. The summed E-state index contributed by atoms with van der Waals surface area (Å²) < 4.78 is 19.3. The Morgan fingerprint density at radius 1 is 1.07 bits per heavy atom. The van der Waals surface area contributed by atoms with E-state index in [2.05, 4.69) is 39.9 Å². The minimum absolute atomic E-state index is 0.00544. The van der Waals surface area contributed by atoms with E-state index >= 15 is 0 Å². The first-order valence-corrected chi connectivity index (χ1v) is 18.3. The summed E-state index contributed by atoms with van der Waals surface area (Å²) >= 11 is 0. The summed E-state index contributed by atoms with van der Waals surface area (Å²) in [5.41, 5.74) is -0.798. The third-order valence-electron chi connectivity index (χ3n) is 15.9. The van der Waals surface area contributed by atoms with Crippen LogP contribution in [0.4, 0.5) is 4.79 Å². The first kappa shape index (κ1) is 32.6. The predicted octanol–water partition coefficient (Wildman–Crippen LogP) is 5.38. The fourth-order valence-corrected chi connectivity index (χ4v) is 13.7. The van der Waals surface area contributed by atoms with Crippen molar-refractivity contribution in [1.29, 1.82) is 0 Å². The molecule has 0 bridgehead atoms. The Hall–Kier alpha value is -0.930. The molecule has 7 rings (SSSR count). The predicted molar refractivity (Wildman–Crippen MR) is 173 cm³/mol. The van der Waals surface area contributed by atoms with E-state index in [-0.39, 0.29) is 51.5 Å². The van der Waals surface area contributed by atoms with E-state index < -0.39 is 17.8 Å². The van der Waals surface area contributed by atoms with E-state index in [1.54, 1.807) is 0 Å². The largest absolute Gasteiger partial charge is 0.446 e. The molecule has 5 aliphatic carbocycles. The quantitative estimate of drug-likeness (QED) is 0.362. The number of hydrogen-bond donors (Lipinski definition) is 3. The normalized spacial score (nSPS) is 50.7. The van der Waals surface area contributed by atoms with Gasteiger partial charge in [-0.1, -0.05) is 34.6 Å². The van der Waals surface area contributed by atoms with Crippen molar-refractivity contribution in [2.45, 2.75) is 149 Å². The number of likely N-dealkylation sites (tertiary alicyclic amines) is 1. The number of likely N-dealkylation sites (N-methyl/N-ethyl adjacent to an activating group) is 1. The molecule has 7 fully saturated rings. The van der Waals surface area contributed by atoms with Gasteiger partial charge >= 0.3 is 6.09 Å². The minimum atomic E-state index is -1.02. The molecule has 2 heterocycles. The molecule has 45 heavy (non-hydrogen) atoms. The van der Waals surface area contributed by atoms with Gasteiger partial charge in [0.15, 0.2) is 0 Å². The second-order valence-electron chi connectivity index (χ2n) is 18.3. The molecular formula is C37H62N2O6. The number of ether oxygens (including phenoxy) is 3. The summed E-state index contributed by atoms with van der Waals surface area (Å²) in [6.45, 7) is 19.6. The van der Waals surface area contributed by atoms with Crippen LogP contribution in [-0.2, 0) is 14.2 Å². The van der Waals surface area contributed by atoms with E-state index in [1.807, 2.05) is 32.7 Å². The third kappa shape index (κ3) is 4.17. The highest BCUT2D eigenvalue weighted by atomic mass is 16.6. The number of rotatable bonds is 6. The maximum atomic E-state index is 13.1. The molecule has 0 radical (unpaired) electrons.